The molecule has 2 aromatic rings. The highest BCUT2D eigenvalue weighted by molar-refractivity contribution is 5.94. The van der Waals surface area contributed by atoms with E-state index in [2.05, 4.69) is 5.32 Å². The molecule has 0 bridgehead atoms. The number of esters is 1. The molecule has 0 spiro atoms. The Balaban J connectivity index is 2.27. The molecule has 0 atom stereocenters. The number of carbonyl (C=O) groups excluding carboxylic acids is 1. The third-order valence-corrected chi connectivity index (χ3v) is 2.99. The molecule has 0 amide bonds. The second-order valence-corrected chi connectivity index (χ2v) is 4.61. The monoisotopic (exact) mass is 312 g/mol. The second-order valence-electron chi connectivity index (χ2n) is 4.61. The summed E-state index contributed by atoms with van der Waals surface area (Å²) in [6.07, 6.45) is 1.36. The molecule has 0 heterocycles. The van der Waals surface area contributed by atoms with Crippen LogP contribution in [0.25, 0.3) is 5.70 Å². The van der Waals surface area contributed by atoms with Gasteiger partial charge in [-0.15, -0.1) is 0 Å². The van der Waals surface area contributed by atoms with Crippen molar-refractivity contribution in [3.8, 4) is 0 Å². The van der Waals surface area contributed by atoms with Crippen molar-refractivity contribution in [2.45, 2.75) is 6.92 Å². The molecule has 1 N–H and O–H groups in total. The smallest absolute Gasteiger partial charge is 0.332 e. The molecule has 6 heteroatoms. The van der Waals surface area contributed by atoms with E-state index in [0.29, 0.717) is 11.4 Å². The molecule has 0 saturated heterocycles. The number of nitrogens with one attached hydrogen (secondary N) is 1. The Hall–Kier alpha value is -3.15. The lowest BCUT2D eigenvalue weighted by Gasteiger charge is -2.11. The van der Waals surface area contributed by atoms with Crippen LogP contribution >= 0.6 is 0 Å². The van der Waals surface area contributed by atoms with Crippen LogP contribution in [0.5, 0.6) is 0 Å². The van der Waals surface area contributed by atoms with Gasteiger partial charge in [0.2, 0.25) is 0 Å². The van der Waals surface area contributed by atoms with Crippen molar-refractivity contribution in [1.82, 2.24) is 0 Å². The van der Waals surface area contributed by atoms with E-state index in [0.717, 1.165) is 5.56 Å². The Labute approximate surface area is 133 Å². The van der Waals surface area contributed by atoms with Crippen LogP contribution in [-0.4, -0.2) is 17.5 Å². The number of hydrogen-bond donors (Lipinski definition) is 1. The van der Waals surface area contributed by atoms with Gasteiger partial charge in [0.15, 0.2) is 0 Å². The molecule has 118 valence electrons. The summed E-state index contributed by atoms with van der Waals surface area (Å²) < 4.78 is 4.94. The van der Waals surface area contributed by atoms with Crippen LogP contribution in [0.15, 0.2) is 60.7 Å². The summed E-state index contributed by atoms with van der Waals surface area (Å²) in [6.45, 7) is 2.02. The number of non-ortho nitro benzene ring substituents is 1. The molecule has 0 fully saturated rings. The Morgan fingerprint density at radius 2 is 1.83 bits per heavy atom. The van der Waals surface area contributed by atoms with Gasteiger partial charge < -0.3 is 10.1 Å². The van der Waals surface area contributed by atoms with Crippen LogP contribution in [0.1, 0.15) is 12.5 Å². The number of nitro benzene ring substituents is 1. The van der Waals surface area contributed by atoms with Crippen LogP contribution < -0.4 is 5.32 Å². The van der Waals surface area contributed by atoms with Gasteiger partial charge in [0.05, 0.1) is 17.2 Å². The van der Waals surface area contributed by atoms with Gasteiger partial charge in [-0.25, -0.2) is 4.79 Å². The third kappa shape index (κ3) is 4.67. The molecule has 23 heavy (non-hydrogen) atoms. The predicted octanol–water partition coefficient (Wildman–Crippen LogP) is 3.61. The molecule has 0 unspecified atom stereocenters. The molecule has 0 saturated carbocycles. The van der Waals surface area contributed by atoms with E-state index < -0.39 is 10.9 Å². The van der Waals surface area contributed by atoms with Crippen LogP contribution in [0.3, 0.4) is 0 Å². The highest BCUT2D eigenvalue weighted by Crippen LogP contribution is 2.21. The second kappa shape index (κ2) is 7.74. The Bertz CT molecular complexity index is 709. The van der Waals surface area contributed by atoms with Crippen LogP contribution in [0.2, 0.25) is 0 Å². The van der Waals surface area contributed by atoms with Gasteiger partial charge in [-0.1, -0.05) is 30.3 Å². The molecular weight excluding hydrogens is 296 g/mol. The number of rotatable bonds is 6. The number of ether oxygens (including phenoxy) is 1. The fourth-order valence-corrected chi connectivity index (χ4v) is 1.93. The van der Waals surface area contributed by atoms with E-state index in [1.165, 1.54) is 18.2 Å². The van der Waals surface area contributed by atoms with E-state index >= 15 is 0 Å². The van der Waals surface area contributed by atoms with Crippen LogP contribution in [-0.2, 0) is 9.53 Å². The number of carbonyl (C=O) groups is 1. The summed E-state index contributed by atoms with van der Waals surface area (Å²) in [5, 5.41) is 13.8. The van der Waals surface area contributed by atoms with Crippen molar-refractivity contribution in [3.05, 3.63) is 76.4 Å². The van der Waals surface area contributed by atoms with E-state index in [9.17, 15) is 14.9 Å². The lowest BCUT2D eigenvalue weighted by atomic mass is 10.1. The van der Waals surface area contributed by atoms with Gasteiger partial charge in [0, 0.05) is 23.9 Å². The molecular formula is C17H16N2O4. The average Bonchev–Trinajstić information content (AvgIpc) is 2.56. The van der Waals surface area contributed by atoms with E-state index in [1.54, 1.807) is 19.1 Å². The highest BCUT2D eigenvalue weighted by atomic mass is 16.6. The molecule has 0 radical (unpaired) electrons. The standard InChI is InChI=1S/C17H16N2O4/c1-2-23-17(20)12-16(13-6-4-3-5-7-13)18-14-8-10-15(11-9-14)19(21)22/h3-12,18H,2H2,1H3/b16-12-. The first-order valence-electron chi connectivity index (χ1n) is 7.05. The number of benzene rings is 2. The van der Waals surface area contributed by atoms with Crippen molar-refractivity contribution in [2.24, 2.45) is 0 Å². The van der Waals surface area contributed by atoms with E-state index in [4.69, 9.17) is 4.74 Å². The van der Waals surface area contributed by atoms with E-state index in [1.807, 2.05) is 30.3 Å². The average molecular weight is 312 g/mol. The molecule has 0 aromatic heterocycles. The zero-order valence-corrected chi connectivity index (χ0v) is 12.6. The van der Waals surface area contributed by atoms with Gasteiger partial charge in [0.1, 0.15) is 0 Å². The Kier molecular flexibility index (Phi) is 5.46. The molecule has 0 aliphatic heterocycles. The first kappa shape index (κ1) is 16.2. The number of hydrogen-bond acceptors (Lipinski definition) is 5. The van der Waals surface area contributed by atoms with Crippen molar-refractivity contribution < 1.29 is 14.5 Å². The zero-order chi connectivity index (χ0) is 16.7. The lowest BCUT2D eigenvalue weighted by molar-refractivity contribution is -0.384. The largest absolute Gasteiger partial charge is 0.463 e. The normalized spacial score (nSPS) is 10.9. The summed E-state index contributed by atoms with van der Waals surface area (Å²) in [5.41, 5.74) is 2.00. The van der Waals surface area contributed by atoms with Crippen LogP contribution in [0, 0.1) is 10.1 Å². The lowest BCUT2D eigenvalue weighted by Crippen LogP contribution is -2.06. The predicted molar refractivity (Wildman–Crippen MR) is 87.8 cm³/mol. The first-order chi connectivity index (χ1) is 11.1. The SMILES string of the molecule is CCOC(=O)/C=C(\Nc1ccc([N+](=O)[O-])cc1)c1ccccc1. The maximum absolute atomic E-state index is 11.7. The van der Waals surface area contributed by atoms with Crippen LogP contribution in [0.4, 0.5) is 11.4 Å². The quantitative estimate of drug-likeness (QED) is 0.381. The van der Waals surface area contributed by atoms with Crippen molar-refractivity contribution in [1.29, 1.82) is 0 Å². The fourth-order valence-electron chi connectivity index (χ4n) is 1.93. The van der Waals surface area contributed by atoms with E-state index in [-0.39, 0.29) is 12.3 Å². The van der Waals surface area contributed by atoms with Gasteiger partial charge in [0.25, 0.3) is 5.69 Å². The van der Waals surface area contributed by atoms with Gasteiger partial charge in [-0.3, -0.25) is 10.1 Å². The Morgan fingerprint density at radius 1 is 1.17 bits per heavy atom. The minimum Gasteiger partial charge on any atom is -0.463 e. The third-order valence-electron chi connectivity index (χ3n) is 2.99. The highest BCUT2D eigenvalue weighted by Gasteiger charge is 2.08. The number of nitro groups is 1. The molecule has 0 aliphatic carbocycles. The van der Waals surface area contributed by atoms with Crippen molar-refractivity contribution in [2.75, 3.05) is 11.9 Å². The summed E-state index contributed by atoms with van der Waals surface area (Å²) in [4.78, 5) is 22.0. The van der Waals surface area contributed by atoms with Crippen molar-refractivity contribution in [3.63, 3.8) is 0 Å². The summed E-state index contributed by atoms with van der Waals surface area (Å²) in [7, 11) is 0. The summed E-state index contributed by atoms with van der Waals surface area (Å²) in [5.74, 6) is -0.458. The summed E-state index contributed by atoms with van der Waals surface area (Å²) >= 11 is 0. The zero-order valence-electron chi connectivity index (χ0n) is 12.6. The fraction of sp³-hybridized carbons (Fsp3) is 0.118. The maximum atomic E-state index is 11.7. The molecule has 2 aromatic carbocycles. The maximum Gasteiger partial charge on any atom is 0.332 e. The molecule has 6 nitrogen and oxygen atoms in total. The Morgan fingerprint density at radius 3 is 2.39 bits per heavy atom. The molecule has 0 aliphatic rings. The van der Waals surface area contributed by atoms with Gasteiger partial charge in [-0.2, -0.15) is 0 Å². The van der Waals surface area contributed by atoms with Crippen molar-refractivity contribution >= 4 is 23.0 Å². The summed E-state index contributed by atoms with van der Waals surface area (Å²) in [6, 6.07) is 15.2. The molecule has 2 rings (SSSR count). The topological polar surface area (TPSA) is 81.5 Å². The minimum absolute atomic E-state index is 0.00573. The van der Waals surface area contributed by atoms with Gasteiger partial charge in [-0.05, 0) is 24.6 Å². The first-order valence-corrected chi connectivity index (χ1v) is 7.05. The van der Waals surface area contributed by atoms with Gasteiger partial charge >= 0.3 is 5.97 Å². The number of anilines is 1. The minimum atomic E-state index is -0.462. The number of nitrogens with zero attached hydrogens (tertiary/aromatic N) is 1.